The van der Waals surface area contributed by atoms with Crippen LogP contribution >= 0.6 is 0 Å². The highest BCUT2D eigenvalue weighted by Crippen LogP contribution is 2.16. The lowest BCUT2D eigenvalue weighted by molar-refractivity contribution is 0.397. The quantitative estimate of drug-likeness (QED) is 0.848. The predicted molar refractivity (Wildman–Crippen MR) is 71.7 cm³/mol. The summed E-state index contributed by atoms with van der Waals surface area (Å²) in [5, 5.41) is 7.98. The summed E-state index contributed by atoms with van der Waals surface area (Å²) in [7, 11) is 1.60. The van der Waals surface area contributed by atoms with Gasteiger partial charge < -0.3 is 10.5 Å². The van der Waals surface area contributed by atoms with Crippen LogP contribution in [0.5, 0.6) is 5.88 Å². The first-order chi connectivity index (χ1) is 9.24. The molecule has 0 saturated carbocycles. The van der Waals surface area contributed by atoms with E-state index >= 15 is 0 Å². The van der Waals surface area contributed by atoms with Crippen molar-refractivity contribution in [3.05, 3.63) is 35.8 Å². The van der Waals surface area contributed by atoms with E-state index in [1.165, 1.54) is 0 Å². The summed E-state index contributed by atoms with van der Waals surface area (Å²) in [5.74, 6) is 0.606. The largest absolute Gasteiger partial charge is 0.481 e. The van der Waals surface area contributed by atoms with Crippen molar-refractivity contribution < 1.29 is 4.74 Å². The first kappa shape index (κ1) is 13.5. The van der Waals surface area contributed by atoms with Crippen molar-refractivity contribution in [1.82, 2.24) is 20.0 Å². The summed E-state index contributed by atoms with van der Waals surface area (Å²) in [6, 6.07) is 3.68. The number of rotatable bonds is 6. The number of aryl methyl sites for hydroxylation is 1. The summed E-state index contributed by atoms with van der Waals surface area (Å²) in [6.07, 6.45) is 5.23. The van der Waals surface area contributed by atoms with Crippen LogP contribution in [0.2, 0.25) is 0 Å². The van der Waals surface area contributed by atoms with Gasteiger partial charge in [0.2, 0.25) is 5.88 Å². The average molecular weight is 261 g/mol. The smallest absolute Gasteiger partial charge is 0.212 e. The van der Waals surface area contributed by atoms with Crippen LogP contribution in [-0.4, -0.2) is 27.1 Å². The number of hydrogen-bond acceptors (Lipinski definition) is 5. The van der Waals surface area contributed by atoms with Gasteiger partial charge in [-0.3, -0.25) is 0 Å². The fourth-order valence-electron chi connectivity index (χ4n) is 1.95. The fourth-order valence-corrected chi connectivity index (χ4v) is 1.95. The molecule has 1 atom stereocenters. The number of hydrogen-bond donors (Lipinski definition) is 1. The summed E-state index contributed by atoms with van der Waals surface area (Å²) < 4.78 is 6.89. The van der Waals surface area contributed by atoms with Gasteiger partial charge in [-0.1, -0.05) is 18.2 Å². The standard InChI is InChI=1S/C13H19N5O/c1-3-6-18-12(9-16-17-18)11(14)7-10-4-5-13(19-2)15-8-10/h4-5,8-9,11H,3,6-7,14H2,1-2H3. The van der Waals surface area contributed by atoms with Crippen LogP contribution in [0.15, 0.2) is 24.5 Å². The lowest BCUT2D eigenvalue weighted by Crippen LogP contribution is -2.18. The maximum absolute atomic E-state index is 6.21. The van der Waals surface area contributed by atoms with Crippen molar-refractivity contribution in [2.45, 2.75) is 32.4 Å². The van der Waals surface area contributed by atoms with Gasteiger partial charge in [-0.15, -0.1) is 5.10 Å². The van der Waals surface area contributed by atoms with E-state index < -0.39 is 0 Å². The number of methoxy groups -OCH3 is 1. The molecule has 2 aromatic rings. The molecule has 0 saturated heterocycles. The summed E-state index contributed by atoms with van der Waals surface area (Å²) in [5.41, 5.74) is 8.24. The van der Waals surface area contributed by atoms with Crippen LogP contribution in [0, 0.1) is 0 Å². The van der Waals surface area contributed by atoms with Crippen LogP contribution in [0.1, 0.15) is 30.6 Å². The lowest BCUT2D eigenvalue weighted by atomic mass is 10.1. The molecule has 0 aliphatic heterocycles. The van der Waals surface area contributed by atoms with Crippen molar-refractivity contribution in [2.75, 3.05) is 7.11 Å². The van der Waals surface area contributed by atoms with Crippen molar-refractivity contribution in [3.8, 4) is 5.88 Å². The SMILES string of the molecule is CCCn1nncc1C(N)Cc1ccc(OC)nc1. The maximum atomic E-state index is 6.21. The van der Waals surface area contributed by atoms with E-state index in [1.807, 2.05) is 16.8 Å². The number of aromatic nitrogens is 4. The molecule has 0 spiro atoms. The Labute approximate surface area is 112 Å². The second-order valence-electron chi connectivity index (χ2n) is 4.40. The lowest BCUT2D eigenvalue weighted by Gasteiger charge is -2.13. The molecule has 0 fully saturated rings. The van der Waals surface area contributed by atoms with Crippen LogP contribution < -0.4 is 10.5 Å². The van der Waals surface area contributed by atoms with Crippen LogP contribution in [-0.2, 0) is 13.0 Å². The van der Waals surface area contributed by atoms with Crippen LogP contribution in [0.4, 0.5) is 0 Å². The Hall–Kier alpha value is -1.95. The van der Waals surface area contributed by atoms with Gasteiger partial charge in [0.05, 0.1) is 25.0 Å². The fraction of sp³-hybridized carbons (Fsp3) is 0.462. The van der Waals surface area contributed by atoms with Gasteiger partial charge >= 0.3 is 0 Å². The van der Waals surface area contributed by atoms with E-state index in [0.717, 1.165) is 24.2 Å². The molecule has 0 amide bonds. The molecule has 2 heterocycles. The van der Waals surface area contributed by atoms with Crippen molar-refractivity contribution in [1.29, 1.82) is 0 Å². The van der Waals surface area contributed by atoms with E-state index in [4.69, 9.17) is 10.5 Å². The number of ether oxygens (including phenoxy) is 1. The molecule has 0 radical (unpaired) electrons. The van der Waals surface area contributed by atoms with Gasteiger partial charge in [0, 0.05) is 18.8 Å². The molecule has 0 aliphatic carbocycles. The highest BCUT2D eigenvalue weighted by atomic mass is 16.5. The van der Waals surface area contributed by atoms with E-state index in [1.54, 1.807) is 19.5 Å². The molecule has 6 nitrogen and oxygen atoms in total. The van der Waals surface area contributed by atoms with E-state index in [0.29, 0.717) is 12.3 Å². The highest BCUT2D eigenvalue weighted by molar-refractivity contribution is 5.20. The van der Waals surface area contributed by atoms with Crippen molar-refractivity contribution in [2.24, 2.45) is 5.73 Å². The van der Waals surface area contributed by atoms with Crippen LogP contribution in [0.3, 0.4) is 0 Å². The molecule has 2 aromatic heterocycles. The molecule has 102 valence electrons. The zero-order valence-electron chi connectivity index (χ0n) is 11.3. The zero-order chi connectivity index (χ0) is 13.7. The summed E-state index contributed by atoms with van der Waals surface area (Å²) in [4.78, 5) is 4.17. The van der Waals surface area contributed by atoms with Gasteiger partial charge in [0.1, 0.15) is 0 Å². The topological polar surface area (TPSA) is 78.9 Å². The third-order valence-corrected chi connectivity index (χ3v) is 2.93. The Morgan fingerprint density at radius 3 is 2.84 bits per heavy atom. The third-order valence-electron chi connectivity index (χ3n) is 2.93. The number of nitrogens with two attached hydrogens (primary N) is 1. The monoisotopic (exact) mass is 261 g/mol. The van der Waals surface area contributed by atoms with E-state index in [-0.39, 0.29) is 6.04 Å². The van der Waals surface area contributed by atoms with Gasteiger partial charge in [-0.25, -0.2) is 9.67 Å². The first-order valence-electron chi connectivity index (χ1n) is 6.37. The molecular formula is C13H19N5O. The molecule has 6 heteroatoms. The molecule has 0 aliphatic rings. The molecule has 19 heavy (non-hydrogen) atoms. The second kappa shape index (κ2) is 6.29. The minimum Gasteiger partial charge on any atom is -0.481 e. The molecule has 0 bridgehead atoms. The minimum absolute atomic E-state index is 0.128. The molecular weight excluding hydrogens is 242 g/mol. The first-order valence-corrected chi connectivity index (χ1v) is 6.37. The number of nitrogens with zero attached hydrogens (tertiary/aromatic N) is 4. The second-order valence-corrected chi connectivity index (χ2v) is 4.40. The minimum atomic E-state index is -0.128. The van der Waals surface area contributed by atoms with E-state index in [2.05, 4.69) is 22.2 Å². The molecule has 2 N–H and O–H groups in total. The van der Waals surface area contributed by atoms with Gasteiger partial charge in [0.15, 0.2) is 0 Å². The normalized spacial score (nSPS) is 12.4. The van der Waals surface area contributed by atoms with Crippen molar-refractivity contribution in [3.63, 3.8) is 0 Å². The maximum Gasteiger partial charge on any atom is 0.212 e. The van der Waals surface area contributed by atoms with Gasteiger partial charge in [-0.05, 0) is 18.4 Å². The predicted octanol–water partition coefficient (Wildman–Crippen LogP) is 1.33. The van der Waals surface area contributed by atoms with Crippen LogP contribution in [0.25, 0.3) is 0 Å². The number of pyridine rings is 1. The Balaban J connectivity index is 2.06. The summed E-state index contributed by atoms with van der Waals surface area (Å²) >= 11 is 0. The van der Waals surface area contributed by atoms with Gasteiger partial charge in [0.25, 0.3) is 0 Å². The van der Waals surface area contributed by atoms with Gasteiger partial charge in [-0.2, -0.15) is 0 Å². The molecule has 0 aromatic carbocycles. The molecule has 2 rings (SSSR count). The van der Waals surface area contributed by atoms with Crippen molar-refractivity contribution >= 4 is 0 Å². The average Bonchev–Trinajstić information content (AvgIpc) is 2.88. The summed E-state index contributed by atoms with van der Waals surface area (Å²) in [6.45, 7) is 2.94. The Morgan fingerprint density at radius 2 is 2.21 bits per heavy atom. The third kappa shape index (κ3) is 3.29. The van der Waals surface area contributed by atoms with E-state index in [9.17, 15) is 0 Å². The Bertz CT molecular complexity index is 508. The highest BCUT2D eigenvalue weighted by Gasteiger charge is 2.13. The zero-order valence-corrected chi connectivity index (χ0v) is 11.3. The Kier molecular flexibility index (Phi) is 4.46. The Morgan fingerprint density at radius 1 is 1.37 bits per heavy atom. The molecule has 1 unspecified atom stereocenters.